The summed E-state index contributed by atoms with van der Waals surface area (Å²) in [6, 6.07) is 9.13. The Balaban J connectivity index is 1.77. The number of hydrogen-bond donors (Lipinski definition) is 0. The molecule has 2 bridgehead atoms. The Labute approximate surface area is 115 Å². The zero-order chi connectivity index (χ0) is 13.1. The quantitative estimate of drug-likeness (QED) is 0.447. The topological polar surface area (TPSA) is 37.4 Å². The van der Waals surface area contributed by atoms with Gasteiger partial charge in [-0.3, -0.25) is 14.5 Å². The summed E-state index contributed by atoms with van der Waals surface area (Å²) < 4.78 is 0. The molecule has 0 N–H and O–H groups in total. The van der Waals surface area contributed by atoms with Crippen molar-refractivity contribution in [2.45, 2.75) is 5.38 Å². The van der Waals surface area contributed by atoms with Gasteiger partial charge in [-0.2, -0.15) is 0 Å². The highest BCUT2D eigenvalue weighted by Gasteiger charge is 2.63. The number of para-hydroxylation sites is 1. The van der Waals surface area contributed by atoms with Crippen molar-refractivity contribution in [3.05, 3.63) is 42.5 Å². The maximum atomic E-state index is 12.5. The summed E-state index contributed by atoms with van der Waals surface area (Å²) in [6.07, 6.45) is 4.01. The number of alkyl halides is 1. The van der Waals surface area contributed by atoms with Crippen molar-refractivity contribution in [1.29, 1.82) is 0 Å². The molecule has 4 heteroatoms. The number of hydrogen-bond acceptors (Lipinski definition) is 2. The number of fused-ring (bicyclic) bond motifs is 5. The van der Waals surface area contributed by atoms with Crippen molar-refractivity contribution in [2.24, 2.45) is 23.7 Å². The van der Waals surface area contributed by atoms with Crippen LogP contribution in [-0.2, 0) is 9.59 Å². The Bertz CT molecular complexity index is 565. The Kier molecular flexibility index (Phi) is 2.19. The first-order valence-electron chi connectivity index (χ1n) is 6.45. The number of benzene rings is 1. The minimum absolute atomic E-state index is 0.0156. The van der Waals surface area contributed by atoms with Gasteiger partial charge in [-0.1, -0.05) is 30.4 Å². The molecular formula is C15H12ClNO2. The van der Waals surface area contributed by atoms with Crippen LogP contribution in [0.1, 0.15) is 0 Å². The lowest BCUT2D eigenvalue weighted by Gasteiger charge is -2.18. The molecule has 2 aliphatic carbocycles. The van der Waals surface area contributed by atoms with Crippen LogP contribution in [0.4, 0.5) is 5.69 Å². The number of anilines is 1. The van der Waals surface area contributed by atoms with Crippen molar-refractivity contribution < 1.29 is 9.59 Å². The molecule has 1 aromatic rings. The first-order chi connectivity index (χ1) is 9.20. The zero-order valence-corrected chi connectivity index (χ0v) is 10.8. The summed E-state index contributed by atoms with van der Waals surface area (Å²) in [5.41, 5.74) is 0.664. The predicted octanol–water partition coefficient (Wildman–Crippen LogP) is 2.22. The van der Waals surface area contributed by atoms with E-state index in [2.05, 4.69) is 0 Å². The first kappa shape index (κ1) is 11.2. The lowest BCUT2D eigenvalue weighted by molar-refractivity contribution is -0.123. The van der Waals surface area contributed by atoms with Crippen molar-refractivity contribution in [2.75, 3.05) is 4.90 Å². The largest absolute Gasteiger partial charge is 0.274 e. The number of rotatable bonds is 1. The molecule has 0 spiro atoms. The van der Waals surface area contributed by atoms with E-state index in [0.29, 0.717) is 5.69 Å². The minimum atomic E-state index is -0.259. The highest BCUT2D eigenvalue weighted by Crippen LogP contribution is 2.55. The van der Waals surface area contributed by atoms with Crippen LogP contribution in [0, 0.1) is 23.7 Å². The lowest BCUT2D eigenvalue weighted by Crippen LogP contribution is -2.34. The molecule has 0 radical (unpaired) electrons. The standard InChI is InChI=1S/C15H12ClNO2/c16-13-9-6-7-10(13)12-11(9)14(18)17(15(12)19)8-4-2-1-3-5-8/h1-7,9-13H/t9-,10+,11+,12-,13?. The molecule has 1 unspecified atom stereocenters. The summed E-state index contributed by atoms with van der Waals surface area (Å²) in [7, 11) is 0. The molecule has 3 nitrogen and oxygen atoms in total. The van der Waals surface area contributed by atoms with Gasteiger partial charge >= 0.3 is 0 Å². The van der Waals surface area contributed by atoms with E-state index in [4.69, 9.17) is 11.6 Å². The van der Waals surface area contributed by atoms with Crippen LogP contribution in [0.15, 0.2) is 42.5 Å². The molecule has 1 aromatic carbocycles. The van der Waals surface area contributed by atoms with Crippen LogP contribution in [-0.4, -0.2) is 17.2 Å². The van der Waals surface area contributed by atoms with Crippen LogP contribution >= 0.6 is 11.6 Å². The SMILES string of the molecule is O=C1[C@@H]2[C@H](C(=O)N1c1ccccc1)[C@@H]1C=C[C@H]2C1Cl. The molecule has 1 heterocycles. The predicted molar refractivity (Wildman–Crippen MR) is 71.7 cm³/mol. The molecular weight excluding hydrogens is 262 g/mol. The van der Waals surface area contributed by atoms with Gasteiger partial charge in [-0.15, -0.1) is 11.6 Å². The molecule has 4 rings (SSSR count). The van der Waals surface area contributed by atoms with Gasteiger partial charge in [0.05, 0.1) is 17.5 Å². The molecule has 2 amide bonds. The number of amides is 2. The van der Waals surface area contributed by atoms with Crippen LogP contribution in [0.2, 0.25) is 0 Å². The molecule has 5 atom stereocenters. The fraction of sp³-hybridized carbons (Fsp3) is 0.333. The minimum Gasteiger partial charge on any atom is -0.274 e. The van der Waals surface area contributed by atoms with E-state index in [1.807, 2.05) is 30.4 Å². The second-order valence-electron chi connectivity index (χ2n) is 5.38. The number of carbonyl (C=O) groups is 2. The van der Waals surface area contributed by atoms with Gasteiger partial charge in [0.1, 0.15) is 0 Å². The van der Waals surface area contributed by atoms with Crippen molar-refractivity contribution in [3.63, 3.8) is 0 Å². The maximum absolute atomic E-state index is 12.5. The molecule has 3 aliphatic rings. The van der Waals surface area contributed by atoms with Gasteiger partial charge in [0.2, 0.25) is 11.8 Å². The van der Waals surface area contributed by atoms with Crippen molar-refractivity contribution in [1.82, 2.24) is 0 Å². The van der Waals surface area contributed by atoms with Crippen LogP contribution in [0.5, 0.6) is 0 Å². The molecule has 2 fully saturated rings. The van der Waals surface area contributed by atoms with Gasteiger partial charge in [0.15, 0.2) is 0 Å². The Hall–Kier alpha value is -1.61. The Morgan fingerprint density at radius 1 is 0.895 bits per heavy atom. The average Bonchev–Trinajstić information content (AvgIpc) is 3.01. The Morgan fingerprint density at radius 3 is 1.95 bits per heavy atom. The summed E-state index contributed by atoms with van der Waals surface area (Å²) >= 11 is 6.32. The lowest BCUT2D eigenvalue weighted by atomic mass is 9.85. The smallest absolute Gasteiger partial charge is 0.238 e. The fourth-order valence-electron chi connectivity index (χ4n) is 3.71. The van der Waals surface area contributed by atoms with Gasteiger partial charge in [0.25, 0.3) is 0 Å². The fourth-order valence-corrected chi connectivity index (χ4v) is 4.20. The van der Waals surface area contributed by atoms with E-state index >= 15 is 0 Å². The molecule has 1 saturated carbocycles. The van der Waals surface area contributed by atoms with Gasteiger partial charge < -0.3 is 0 Å². The monoisotopic (exact) mass is 273 g/mol. The highest BCUT2D eigenvalue weighted by atomic mass is 35.5. The van der Waals surface area contributed by atoms with Gasteiger partial charge in [-0.25, -0.2) is 0 Å². The van der Waals surface area contributed by atoms with Gasteiger partial charge in [-0.05, 0) is 12.1 Å². The highest BCUT2D eigenvalue weighted by molar-refractivity contribution is 6.27. The first-order valence-corrected chi connectivity index (χ1v) is 6.89. The number of imide groups is 1. The van der Waals surface area contributed by atoms with Gasteiger partial charge in [0, 0.05) is 17.2 Å². The summed E-state index contributed by atoms with van der Waals surface area (Å²) in [5.74, 6) is -0.675. The second kappa shape index (κ2) is 3.70. The number of halogens is 1. The molecule has 96 valence electrons. The third kappa shape index (κ3) is 1.29. The Morgan fingerprint density at radius 2 is 1.42 bits per heavy atom. The van der Waals surface area contributed by atoms with E-state index in [1.165, 1.54) is 4.90 Å². The van der Waals surface area contributed by atoms with Crippen LogP contribution < -0.4 is 4.90 Å². The second-order valence-corrected chi connectivity index (χ2v) is 5.89. The number of carbonyl (C=O) groups excluding carboxylic acids is 2. The van der Waals surface area contributed by atoms with Crippen molar-refractivity contribution >= 4 is 29.1 Å². The third-order valence-electron chi connectivity index (χ3n) is 4.53. The average molecular weight is 274 g/mol. The van der Waals surface area contributed by atoms with E-state index in [1.54, 1.807) is 12.1 Å². The van der Waals surface area contributed by atoms with Crippen molar-refractivity contribution in [3.8, 4) is 0 Å². The molecule has 1 saturated heterocycles. The number of nitrogens with zero attached hydrogens (tertiary/aromatic N) is 1. The van der Waals surface area contributed by atoms with E-state index in [0.717, 1.165) is 0 Å². The number of allylic oxidation sites excluding steroid dienone is 2. The summed E-state index contributed by atoms with van der Waals surface area (Å²) in [5, 5.41) is -0.0965. The maximum Gasteiger partial charge on any atom is 0.238 e. The third-order valence-corrected chi connectivity index (χ3v) is 5.11. The summed E-state index contributed by atoms with van der Waals surface area (Å²) in [6.45, 7) is 0. The van der Waals surface area contributed by atoms with Crippen LogP contribution in [0.3, 0.4) is 0 Å². The van der Waals surface area contributed by atoms with E-state index < -0.39 is 0 Å². The summed E-state index contributed by atoms with van der Waals surface area (Å²) in [4.78, 5) is 26.4. The van der Waals surface area contributed by atoms with E-state index in [-0.39, 0.29) is 40.9 Å². The molecule has 19 heavy (non-hydrogen) atoms. The van der Waals surface area contributed by atoms with Crippen LogP contribution in [0.25, 0.3) is 0 Å². The molecule has 0 aromatic heterocycles. The zero-order valence-electron chi connectivity index (χ0n) is 10.1. The molecule has 1 aliphatic heterocycles. The normalized spacial score (nSPS) is 39.2. The van der Waals surface area contributed by atoms with E-state index in [9.17, 15) is 9.59 Å².